The molecule has 0 bridgehead atoms. The summed E-state index contributed by atoms with van der Waals surface area (Å²) in [6.07, 6.45) is 2.04. The van der Waals surface area contributed by atoms with Gasteiger partial charge in [0.05, 0.1) is 0 Å². The van der Waals surface area contributed by atoms with E-state index in [0.29, 0.717) is 0 Å². The minimum Gasteiger partial charge on any atom is -0.319 e. The minimum atomic E-state index is -2.70. The predicted molar refractivity (Wildman–Crippen MR) is 65.5 cm³/mol. The molecule has 94 valence electrons. The van der Waals surface area contributed by atoms with Gasteiger partial charge in [0.2, 0.25) is 0 Å². The number of nitrogens with one attached hydrogen (secondary N) is 1. The van der Waals surface area contributed by atoms with Crippen molar-refractivity contribution in [1.82, 2.24) is 5.32 Å². The fourth-order valence-electron chi connectivity index (χ4n) is 2.34. The van der Waals surface area contributed by atoms with Crippen molar-refractivity contribution in [2.24, 2.45) is 0 Å². The third-order valence-electron chi connectivity index (χ3n) is 3.71. The van der Waals surface area contributed by atoms with Crippen LogP contribution in [0, 0.1) is 0 Å². The molecule has 1 fully saturated rings. The van der Waals surface area contributed by atoms with Crippen molar-refractivity contribution in [2.45, 2.75) is 37.5 Å². The van der Waals surface area contributed by atoms with E-state index in [1.54, 1.807) is 12.1 Å². The normalized spacial score (nSPS) is 18.1. The fourth-order valence-corrected chi connectivity index (χ4v) is 2.34. The van der Waals surface area contributed by atoms with Crippen LogP contribution in [0.3, 0.4) is 0 Å². The Bertz CT molecular complexity index is 397. The van der Waals surface area contributed by atoms with Crippen molar-refractivity contribution in [3.8, 4) is 0 Å². The van der Waals surface area contributed by atoms with Gasteiger partial charge in [-0.05, 0) is 31.5 Å². The van der Waals surface area contributed by atoms with Gasteiger partial charge < -0.3 is 5.32 Å². The Hall–Kier alpha value is -0.960. The van der Waals surface area contributed by atoms with Gasteiger partial charge >= 0.3 is 0 Å². The van der Waals surface area contributed by atoms with Crippen LogP contribution in [0.5, 0.6) is 0 Å². The van der Waals surface area contributed by atoms with Crippen LogP contribution < -0.4 is 5.32 Å². The second kappa shape index (κ2) is 4.37. The Kier molecular flexibility index (Phi) is 3.21. The third-order valence-corrected chi connectivity index (χ3v) is 3.71. The first-order valence-electron chi connectivity index (χ1n) is 6.17. The van der Waals surface area contributed by atoms with E-state index in [-0.39, 0.29) is 17.4 Å². The van der Waals surface area contributed by atoms with Crippen LogP contribution in [0.1, 0.15) is 37.3 Å². The van der Waals surface area contributed by atoms with E-state index < -0.39 is 5.92 Å². The predicted octanol–water partition coefficient (Wildman–Crippen LogP) is 3.44. The molecule has 3 heteroatoms. The van der Waals surface area contributed by atoms with E-state index in [1.807, 2.05) is 13.1 Å². The van der Waals surface area contributed by atoms with Gasteiger partial charge in [-0.1, -0.05) is 25.1 Å². The van der Waals surface area contributed by atoms with Gasteiger partial charge in [-0.2, -0.15) is 0 Å². The Balaban J connectivity index is 2.29. The molecule has 0 aromatic heterocycles. The molecule has 0 radical (unpaired) electrons. The summed E-state index contributed by atoms with van der Waals surface area (Å²) in [5, 5.41) is 3.15. The van der Waals surface area contributed by atoms with Crippen LogP contribution in [0.25, 0.3) is 0 Å². The Morgan fingerprint density at radius 1 is 1.35 bits per heavy atom. The maximum atomic E-state index is 13.6. The minimum absolute atomic E-state index is 0.106. The molecular weight excluding hydrogens is 220 g/mol. The summed E-state index contributed by atoms with van der Waals surface area (Å²) in [4.78, 5) is 0. The van der Waals surface area contributed by atoms with E-state index >= 15 is 0 Å². The molecule has 1 N–H and O–H groups in total. The highest BCUT2D eigenvalue weighted by atomic mass is 19.3. The SMILES string of the molecule is CCC(F)(F)c1cccc(C2(CNC)CC2)c1. The molecule has 0 aliphatic heterocycles. The maximum absolute atomic E-state index is 13.6. The number of alkyl halides is 2. The summed E-state index contributed by atoms with van der Waals surface area (Å²) in [7, 11) is 1.91. The van der Waals surface area contributed by atoms with Gasteiger partial charge in [0.25, 0.3) is 5.92 Å². The van der Waals surface area contributed by atoms with Crippen molar-refractivity contribution < 1.29 is 8.78 Å². The van der Waals surface area contributed by atoms with Crippen molar-refractivity contribution in [2.75, 3.05) is 13.6 Å². The van der Waals surface area contributed by atoms with Crippen LogP contribution in [-0.4, -0.2) is 13.6 Å². The Labute approximate surface area is 101 Å². The zero-order valence-electron chi connectivity index (χ0n) is 10.4. The number of hydrogen-bond donors (Lipinski definition) is 1. The van der Waals surface area contributed by atoms with Gasteiger partial charge in [-0.25, -0.2) is 8.78 Å². The molecule has 0 amide bonds. The third kappa shape index (κ3) is 2.34. The lowest BCUT2D eigenvalue weighted by atomic mass is 9.92. The zero-order chi connectivity index (χ0) is 12.5. The summed E-state index contributed by atoms with van der Waals surface area (Å²) in [5.41, 5.74) is 1.31. The zero-order valence-corrected chi connectivity index (χ0v) is 10.4. The molecule has 1 saturated carbocycles. The summed E-state index contributed by atoms with van der Waals surface area (Å²) < 4.78 is 27.3. The fraction of sp³-hybridized carbons (Fsp3) is 0.571. The van der Waals surface area contributed by atoms with Crippen molar-refractivity contribution in [3.05, 3.63) is 35.4 Å². The second-order valence-corrected chi connectivity index (χ2v) is 4.95. The quantitative estimate of drug-likeness (QED) is 0.830. The van der Waals surface area contributed by atoms with Gasteiger partial charge in [-0.15, -0.1) is 0 Å². The highest BCUT2D eigenvalue weighted by Crippen LogP contribution is 2.48. The van der Waals surface area contributed by atoms with Crippen LogP contribution in [0.4, 0.5) is 8.78 Å². The van der Waals surface area contributed by atoms with E-state index in [2.05, 4.69) is 5.32 Å². The highest BCUT2D eigenvalue weighted by Gasteiger charge is 2.44. The molecule has 1 aromatic carbocycles. The summed E-state index contributed by atoms with van der Waals surface area (Å²) in [6, 6.07) is 6.94. The molecule has 1 aromatic rings. The van der Waals surface area contributed by atoms with E-state index in [9.17, 15) is 8.78 Å². The first-order chi connectivity index (χ1) is 8.04. The largest absolute Gasteiger partial charge is 0.319 e. The van der Waals surface area contributed by atoms with Crippen LogP contribution in [-0.2, 0) is 11.3 Å². The molecule has 1 aliphatic rings. The van der Waals surface area contributed by atoms with Gasteiger partial charge in [0.15, 0.2) is 0 Å². The van der Waals surface area contributed by atoms with Crippen LogP contribution >= 0.6 is 0 Å². The highest BCUT2D eigenvalue weighted by molar-refractivity contribution is 5.36. The molecule has 0 unspecified atom stereocenters. The Morgan fingerprint density at radius 3 is 2.59 bits per heavy atom. The molecule has 2 rings (SSSR count). The first-order valence-corrected chi connectivity index (χ1v) is 6.17. The molecular formula is C14H19F2N. The van der Waals surface area contributed by atoms with Crippen molar-refractivity contribution in [1.29, 1.82) is 0 Å². The smallest absolute Gasteiger partial charge is 0.273 e. The van der Waals surface area contributed by atoms with E-state index in [4.69, 9.17) is 0 Å². The van der Waals surface area contributed by atoms with Crippen molar-refractivity contribution >= 4 is 0 Å². The van der Waals surface area contributed by atoms with Crippen LogP contribution in [0.2, 0.25) is 0 Å². The second-order valence-electron chi connectivity index (χ2n) is 4.95. The topological polar surface area (TPSA) is 12.0 Å². The molecule has 1 aliphatic carbocycles. The standard InChI is InChI=1S/C14H19F2N/c1-3-14(15,16)12-6-4-5-11(9-12)13(7-8-13)10-17-2/h4-6,9,17H,3,7-8,10H2,1-2H3. The maximum Gasteiger partial charge on any atom is 0.273 e. The van der Waals surface area contributed by atoms with Gasteiger partial charge in [0, 0.05) is 23.9 Å². The number of benzene rings is 1. The number of likely N-dealkylation sites (N-methyl/N-ethyl adjacent to an activating group) is 1. The molecule has 0 saturated heterocycles. The summed E-state index contributed by atoms with van der Waals surface area (Å²) >= 11 is 0. The van der Waals surface area contributed by atoms with E-state index in [0.717, 1.165) is 24.9 Å². The summed E-state index contributed by atoms with van der Waals surface area (Å²) in [5.74, 6) is -2.70. The number of rotatable bonds is 5. The van der Waals surface area contributed by atoms with Crippen LogP contribution in [0.15, 0.2) is 24.3 Å². The average Bonchev–Trinajstić information content (AvgIpc) is 3.11. The van der Waals surface area contributed by atoms with Gasteiger partial charge in [-0.3, -0.25) is 0 Å². The lowest BCUT2D eigenvalue weighted by Gasteiger charge is -2.19. The molecule has 0 heterocycles. The van der Waals surface area contributed by atoms with E-state index in [1.165, 1.54) is 13.0 Å². The van der Waals surface area contributed by atoms with Gasteiger partial charge in [0.1, 0.15) is 0 Å². The number of hydrogen-bond acceptors (Lipinski definition) is 1. The Morgan fingerprint density at radius 2 is 2.06 bits per heavy atom. The lowest BCUT2D eigenvalue weighted by Crippen LogP contribution is -2.24. The average molecular weight is 239 g/mol. The molecule has 17 heavy (non-hydrogen) atoms. The number of halogens is 2. The summed E-state index contributed by atoms with van der Waals surface area (Å²) in [6.45, 7) is 2.39. The first kappa shape index (κ1) is 12.5. The van der Waals surface area contributed by atoms with Crippen molar-refractivity contribution in [3.63, 3.8) is 0 Å². The molecule has 0 atom stereocenters. The molecule has 0 spiro atoms. The lowest BCUT2D eigenvalue weighted by molar-refractivity contribution is -0.00838. The monoisotopic (exact) mass is 239 g/mol. The molecule has 1 nitrogen and oxygen atoms in total.